The number of hydrogen-bond acceptors (Lipinski definition) is 2. The number of rotatable bonds is 0. The van der Waals surface area contributed by atoms with E-state index < -0.39 is 0 Å². The van der Waals surface area contributed by atoms with Crippen LogP contribution >= 0.6 is 22.6 Å². The summed E-state index contributed by atoms with van der Waals surface area (Å²) in [6.45, 7) is 0.987. The SMILES string of the molecule is IC1NC=CCN1. The van der Waals surface area contributed by atoms with Crippen LogP contribution in [0.25, 0.3) is 0 Å². The third-order valence-corrected chi connectivity index (χ3v) is 1.58. The van der Waals surface area contributed by atoms with Crippen LogP contribution in [0.3, 0.4) is 0 Å². The molecule has 40 valence electrons. The van der Waals surface area contributed by atoms with Crippen LogP contribution in [0.5, 0.6) is 0 Å². The molecule has 0 aromatic rings. The molecule has 1 aliphatic heterocycles. The van der Waals surface area contributed by atoms with Gasteiger partial charge >= 0.3 is 0 Å². The molecule has 0 fully saturated rings. The number of alkyl halides is 1. The standard InChI is InChI=1S/C4H7IN2/c5-4-6-2-1-3-7-4/h1-2,4,6-7H,3H2. The van der Waals surface area contributed by atoms with Gasteiger partial charge in [0.2, 0.25) is 0 Å². The molecule has 0 bridgehead atoms. The molecule has 0 aromatic heterocycles. The quantitative estimate of drug-likeness (QED) is 0.343. The van der Waals surface area contributed by atoms with Gasteiger partial charge in [0, 0.05) is 6.54 Å². The number of nitrogens with one attached hydrogen (secondary N) is 2. The minimum absolute atomic E-state index is 0.419. The molecule has 0 aliphatic carbocycles. The summed E-state index contributed by atoms with van der Waals surface area (Å²) in [5, 5.41) is 6.25. The van der Waals surface area contributed by atoms with E-state index in [0.29, 0.717) is 4.17 Å². The molecule has 0 spiro atoms. The summed E-state index contributed by atoms with van der Waals surface area (Å²) < 4.78 is 0.419. The Kier molecular flexibility index (Phi) is 1.93. The van der Waals surface area contributed by atoms with Crippen LogP contribution in [0, 0.1) is 0 Å². The van der Waals surface area contributed by atoms with Crippen LogP contribution in [0.15, 0.2) is 12.3 Å². The maximum absolute atomic E-state index is 3.17. The van der Waals surface area contributed by atoms with Crippen molar-refractivity contribution >= 4 is 22.6 Å². The first-order valence-corrected chi connectivity index (χ1v) is 3.43. The molecule has 0 saturated carbocycles. The second-order valence-corrected chi connectivity index (χ2v) is 2.59. The van der Waals surface area contributed by atoms with Crippen LogP contribution in [0.1, 0.15) is 0 Å². The lowest BCUT2D eigenvalue weighted by atomic mass is 10.5. The van der Waals surface area contributed by atoms with E-state index >= 15 is 0 Å². The summed E-state index contributed by atoms with van der Waals surface area (Å²) in [7, 11) is 0. The zero-order chi connectivity index (χ0) is 5.11. The predicted molar refractivity (Wildman–Crippen MR) is 38.1 cm³/mol. The lowest BCUT2D eigenvalue weighted by molar-refractivity contribution is 0.644. The van der Waals surface area contributed by atoms with Gasteiger partial charge in [-0.3, -0.25) is 5.32 Å². The molecule has 7 heavy (non-hydrogen) atoms. The van der Waals surface area contributed by atoms with Gasteiger partial charge in [-0.25, -0.2) is 0 Å². The Morgan fingerprint density at radius 3 is 2.86 bits per heavy atom. The van der Waals surface area contributed by atoms with Gasteiger partial charge in [-0.2, -0.15) is 0 Å². The van der Waals surface area contributed by atoms with E-state index in [9.17, 15) is 0 Å². The van der Waals surface area contributed by atoms with Gasteiger partial charge in [-0.15, -0.1) is 0 Å². The first-order chi connectivity index (χ1) is 3.39. The topological polar surface area (TPSA) is 24.1 Å². The van der Waals surface area contributed by atoms with Gasteiger partial charge < -0.3 is 5.32 Å². The van der Waals surface area contributed by atoms with Gasteiger partial charge in [0.25, 0.3) is 0 Å². The fourth-order valence-electron chi connectivity index (χ4n) is 0.442. The second kappa shape index (κ2) is 2.52. The van der Waals surface area contributed by atoms with Crippen molar-refractivity contribution in [2.75, 3.05) is 6.54 Å². The van der Waals surface area contributed by atoms with Crippen molar-refractivity contribution in [3.05, 3.63) is 12.3 Å². The first kappa shape index (κ1) is 5.37. The highest BCUT2D eigenvalue weighted by Gasteiger charge is 1.98. The Labute approximate surface area is 56.5 Å². The zero-order valence-electron chi connectivity index (χ0n) is 3.82. The van der Waals surface area contributed by atoms with Crippen molar-refractivity contribution in [1.29, 1.82) is 0 Å². The summed E-state index contributed by atoms with van der Waals surface area (Å²) in [6, 6.07) is 0. The Morgan fingerprint density at radius 2 is 2.57 bits per heavy atom. The molecule has 1 atom stereocenters. The van der Waals surface area contributed by atoms with Crippen molar-refractivity contribution in [2.24, 2.45) is 0 Å². The Morgan fingerprint density at radius 1 is 1.71 bits per heavy atom. The number of halogens is 1. The van der Waals surface area contributed by atoms with Crippen molar-refractivity contribution in [3.63, 3.8) is 0 Å². The average Bonchev–Trinajstić information content (AvgIpc) is 1.69. The summed E-state index contributed by atoms with van der Waals surface area (Å²) in [5.74, 6) is 0. The molecule has 0 radical (unpaired) electrons. The van der Waals surface area contributed by atoms with E-state index in [2.05, 4.69) is 39.3 Å². The molecule has 2 nitrogen and oxygen atoms in total. The molecule has 1 rings (SSSR count). The van der Waals surface area contributed by atoms with E-state index in [-0.39, 0.29) is 0 Å². The minimum atomic E-state index is 0.419. The average molecular weight is 210 g/mol. The molecule has 3 heteroatoms. The predicted octanol–water partition coefficient (Wildman–Crippen LogP) is 0.412. The highest BCUT2D eigenvalue weighted by atomic mass is 127. The summed E-state index contributed by atoms with van der Waals surface area (Å²) in [4.78, 5) is 0. The molecule has 0 aromatic carbocycles. The van der Waals surface area contributed by atoms with Crippen molar-refractivity contribution in [2.45, 2.75) is 4.17 Å². The summed E-state index contributed by atoms with van der Waals surface area (Å²) in [6.07, 6.45) is 4.02. The monoisotopic (exact) mass is 210 g/mol. The third kappa shape index (κ3) is 1.65. The van der Waals surface area contributed by atoms with Gasteiger partial charge in [0.05, 0.1) is 0 Å². The lowest BCUT2D eigenvalue weighted by Crippen LogP contribution is -2.37. The molecule has 1 aliphatic rings. The Hall–Kier alpha value is 0.230. The van der Waals surface area contributed by atoms with Crippen LogP contribution in [0.2, 0.25) is 0 Å². The maximum atomic E-state index is 3.17. The van der Waals surface area contributed by atoms with E-state index in [0.717, 1.165) is 6.54 Å². The maximum Gasteiger partial charge on any atom is 0.130 e. The van der Waals surface area contributed by atoms with E-state index in [1.807, 2.05) is 6.20 Å². The van der Waals surface area contributed by atoms with Crippen molar-refractivity contribution in [1.82, 2.24) is 10.6 Å². The molecule has 1 unspecified atom stereocenters. The molecular weight excluding hydrogens is 203 g/mol. The molecule has 1 heterocycles. The van der Waals surface area contributed by atoms with Gasteiger partial charge in [0.15, 0.2) is 0 Å². The van der Waals surface area contributed by atoms with E-state index in [4.69, 9.17) is 0 Å². The van der Waals surface area contributed by atoms with Gasteiger partial charge in [-0.1, -0.05) is 6.08 Å². The van der Waals surface area contributed by atoms with E-state index in [1.165, 1.54) is 0 Å². The summed E-state index contributed by atoms with van der Waals surface area (Å²) in [5.41, 5.74) is 0. The number of hydrogen-bond donors (Lipinski definition) is 2. The highest BCUT2D eigenvalue weighted by Crippen LogP contribution is 1.92. The lowest BCUT2D eigenvalue weighted by Gasteiger charge is -2.14. The molecule has 0 saturated heterocycles. The van der Waals surface area contributed by atoms with Gasteiger partial charge in [-0.05, 0) is 28.8 Å². The smallest absolute Gasteiger partial charge is 0.130 e. The van der Waals surface area contributed by atoms with Crippen molar-refractivity contribution < 1.29 is 0 Å². The highest BCUT2D eigenvalue weighted by molar-refractivity contribution is 14.1. The largest absolute Gasteiger partial charge is 0.368 e. The normalized spacial score (nSPS) is 29.6. The minimum Gasteiger partial charge on any atom is -0.368 e. The second-order valence-electron chi connectivity index (χ2n) is 1.34. The summed E-state index contributed by atoms with van der Waals surface area (Å²) >= 11 is 2.28. The fourth-order valence-corrected chi connectivity index (χ4v) is 0.904. The van der Waals surface area contributed by atoms with Crippen LogP contribution < -0.4 is 10.6 Å². The third-order valence-electron chi connectivity index (χ3n) is 0.775. The first-order valence-electron chi connectivity index (χ1n) is 2.18. The zero-order valence-corrected chi connectivity index (χ0v) is 5.97. The van der Waals surface area contributed by atoms with Gasteiger partial charge in [0.1, 0.15) is 4.17 Å². The Bertz CT molecular complexity index is 81.8. The molecular formula is C4H7IN2. The Balaban J connectivity index is 2.32. The molecule has 2 N–H and O–H groups in total. The van der Waals surface area contributed by atoms with Crippen LogP contribution in [0.4, 0.5) is 0 Å². The van der Waals surface area contributed by atoms with Crippen LogP contribution in [-0.2, 0) is 0 Å². The van der Waals surface area contributed by atoms with Crippen molar-refractivity contribution in [3.8, 4) is 0 Å². The van der Waals surface area contributed by atoms with Crippen LogP contribution in [-0.4, -0.2) is 10.7 Å². The van der Waals surface area contributed by atoms with E-state index in [1.54, 1.807) is 0 Å². The molecule has 0 amide bonds. The fraction of sp³-hybridized carbons (Fsp3) is 0.500.